The molecule has 3 aromatic rings. The summed E-state index contributed by atoms with van der Waals surface area (Å²) in [6.07, 6.45) is 3.87. The van der Waals surface area contributed by atoms with Crippen molar-refractivity contribution in [3.8, 4) is 0 Å². The molecule has 1 aromatic heterocycles. The van der Waals surface area contributed by atoms with Crippen LogP contribution >= 0.6 is 0 Å². The summed E-state index contributed by atoms with van der Waals surface area (Å²) < 4.78 is 0. The highest BCUT2D eigenvalue weighted by Gasteiger charge is 2.26. The highest BCUT2D eigenvalue weighted by Crippen LogP contribution is 2.28. The Balaban J connectivity index is 1.29. The first-order valence-electron chi connectivity index (χ1n) is 12.3. The van der Waals surface area contributed by atoms with E-state index in [4.69, 9.17) is 9.97 Å². The Labute approximate surface area is 206 Å². The number of amides is 2. The Morgan fingerprint density at radius 3 is 2.51 bits per heavy atom. The summed E-state index contributed by atoms with van der Waals surface area (Å²) in [7, 11) is 3.97. The fraction of sp³-hybridized carbons (Fsp3) is 0.407. The molecule has 1 fully saturated rings. The van der Waals surface area contributed by atoms with E-state index in [1.807, 2.05) is 74.4 Å². The van der Waals surface area contributed by atoms with E-state index >= 15 is 0 Å². The molecule has 1 aliphatic carbocycles. The van der Waals surface area contributed by atoms with Crippen LogP contribution in [0.15, 0.2) is 48.5 Å². The summed E-state index contributed by atoms with van der Waals surface area (Å²) in [6, 6.07) is 15.9. The molecular formula is C27H34N6O2. The Kier molecular flexibility index (Phi) is 7.80. The average molecular weight is 475 g/mol. The van der Waals surface area contributed by atoms with Crippen molar-refractivity contribution in [2.24, 2.45) is 5.92 Å². The fourth-order valence-corrected chi connectivity index (χ4v) is 4.49. The molecule has 35 heavy (non-hydrogen) atoms. The van der Waals surface area contributed by atoms with Crippen molar-refractivity contribution >= 4 is 40.2 Å². The maximum Gasteiger partial charge on any atom is 0.225 e. The predicted molar refractivity (Wildman–Crippen MR) is 140 cm³/mol. The number of carbonyl (C=O) groups is 2. The number of nitrogens with one attached hydrogen (secondary N) is 3. The third kappa shape index (κ3) is 6.26. The van der Waals surface area contributed by atoms with Gasteiger partial charge < -0.3 is 20.9 Å². The van der Waals surface area contributed by atoms with Gasteiger partial charge in [0.15, 0.2) is 0 Å². The van der Waals surface area contributed by atoms with Gasteiger partial charge in [0.1, 0.15) is 5.82 Å². The fourth-order valence-electron chi connectivity index (χ4n) is 4.49. The molecule has 0 bridgehead atoms. The molecule has 8 heteroatoms. The van der Waals surface area contributed by atoms with E-state index in [-0.39, 0.29) is 23.8 Å². The minimum absolute atomic E-state index is 0.00545. The van der Waals surface area contributed by atoms with Gasteiger partial charge in [-0.1, -0.05) is 31.2 Å². The van der Waals surface area contributed by atoms with Gasteiger partial charge in [-0.3, -0.25) is 9.59 Å². The minimum Gasteiger partial charge on any atom is -0.362 e. The number of aromatic nitrogens is 2. The van der Waals surface area contributed by atoms with Crippen molar-refractivity contribution in [2.45, 2.75) is 51.6 Å². The van der Waals surface area contributed by atoms with Gasteiger partial charge in [0.25, 0.3) is 0 Å². The highest BCUT2D eigenvalue weighted by atomic mass is 16.2. The average Bonchev–Trinajstić information content (AvgIpc) is 2.87. The van der Waals surface area contributed by atoms with Crippen molar-refractivity contribution < 1.29 is 9.59 Å². The van der Waals surface area contributed by atoms with E-state index in [1.54, 1.807) is 0 Å². The number of benzene rings is 2. The molecule has 1 aliphatic rings. The lowest BCUT2D eigenvalue weighted by atomic mass is 9.85. The predicted octanol–water partition coefficient (Wildman–Crippen LogP) is 4.33. The zero-order chi connectivity index (χ0) is 24.8. The summed E-state index contributed by atoms with van der Waals surface area (Å²) in [5, 5.41) is 10.4. The lowest BCUT2D eigenvalue weighted by Gasteiger charge is -2.28. The summed E-state index contributed by atoms with van der Waals surface area (Å²) >= 11 is 0. The zero-order valence-electron chi connectivity index (χ0n) is 20.7. The molecule has 1 saturated carbocycles. The number of nitrogens with zero attached hydrogens (tertiary/aromatic N) is 3. The van der Waals surface area contributed by atoms with Crippen LogP contribution in [-0.2, 0) is 16.1 Å². The van der Waals surface area contributed by atoms with E-state index in [1.165, 1.54) is 0 Å². The Hall–Kier alpha value is -3.68. The number of para-hydroxylation sites is 1. The minimum atomic E-state index is -0.0245. The van der Waals surface area contributed by atoms with E-state index in [9.17, 15) is 9.59 Å². The largest absolute Gasteiger partial charge is 0.362 e. The maximum atomic E-state index is 12.8. The second kappa shape index (κ2) is 11.2. The Bertz CT molecular complexity index is 1190. The van der Waals surface area contributed by atoms with Gasteiger partial charge in [-0.2, -0.15) is 4.98 Å². The number of carbonyl (C=O) groups excluding carboxylic acids is 2. The van der Waals surface area contributed by atoms with Crippen LogP contribution in [0, 0.1) is 5.92 Å². The lowest BCUT2D eigenvalue weighted by Crippen LogP contribution is -2.36. The van der Waals surface area contributed by atoms with Crippen LogP contribution in [0.5, 0.6) is 0 Å². The van der Waals surface area contributed by atoms with Crippen LogP contribution in [0.25, 0.3) is 10.9 Å². The number of hydrogen-bond donors (Lipinski definition) is 3. The topological polar surface area (TPSA) is 99.2 Å². The van der Waals surface area contributed by atoms with Crippen molar-refractivity contribution in [3.63, 3.8) is 0 Å². The van der Waals surface area contributed by atoms with Crippen LogP contribution in [-0.4, -0.2) is 41.9 Å². The van der Waals surface area contributed by atoms with E-state index in [2.05, 4.69) is 16.0 Å². The molecule has 0 atom stereocenters. The van der Waals surface area contributed by atoms with Gasteiger partial charge in [0, 0.05) is 50.1 Å². The van der Waals surface area contributed by atoms with Crippen LogP contribution < -0.4 is 20.9 Å². The van der Waals surface area contributed by atoms with Gasteiger partial charge in [-0.05, 0) is 55.5 Å². The number of anilines is 3. The summed E-state index contributed by atoms with van der Waals surface area (Å²) in [5.74, 6) is 1.60. The lowest BCUT2D eigenvalue weighted by molar-refractivity contribution is -0.126. The molecule has 0 unspecified atom stereocenters. The standard InChI is InChI=1S/C27H34N6O2/c1-4-24(34)29-21-9-7-8-18(16-21)17-28-26(35)19-12-14-20(15-13-19)30-27-31-23-11-6-5-10-22(23)25(32-27)33(2)3/h5-11,16,19-20H,4,12-15,17H2,1-3H3,(H,28,35)(H,29,34)(H,30,31,32). The molecule has 2 amide bonds. The van der Waals surface area contributed by atoms with E-state index in [0.29, 0.717) is 18.9 Å². The van der Waals surface area contributed by atoms with Crippen molar-refractivity contribution in [1.82, 2.24) is 15.3 Å². The molecular weight excluding hydrogens is 440 g/mol. The number of hydrogen-bond acceptors (Lipinski definition) is 6. The van der Waals surface area contributed by atoms with Crippen molar-refractivity contribution in [3.05, 3.63) is 54.1 Å². The molecule has 4 rings (SSSR count). The van der Waals surface area contributed by atoms with Crippen LogP contribution in [0.2, 0.25) is 0 Å². The monoisotopic (exact) mass is 474 g/mol. The SMILES string of the molecule is CCC(=O)Nc1cccc(CNC(=O)C2CCC(Nc3nc(N(C)C)c4ccccc4n3)CC2)c1. The summed E-state index contributed by atoms with van der Waals surface area (Å²) in [5.41, 5.74) is 2.64. The first-order valence-corrected chi connectivity index (χ1v) is 12.3. The summed E-state index contributed by atoms with van der Waals surface area (Å²) in [6.45, 7) is 2.27. The maximum absolute atomic E-state index is 12.8. The molecule has 3 N–H and O–H groups in total. The molecule has 0 saturated heterocycles. The quantitative estimate of drug-likeness (QED) is 0.449. The zero-order valence-corrected chi connectivity index (χ0v) is 20.7. The van der Waals surface area contributed by atoms with Crippen LogP contribution in [0.3, 0.4) is 0 Å². The van der Waals surface area contributed by atoms with Crippen LogP contribution in [0.4, 0.5) is 17.5 Å². The second-order valence-electron chi connectivity index (χ2n) is 9.30. The van der Waals surface area contributed by atoms with Crippen LogP contribution in [0.1, 0.15) is 44.6 Å². The van der Waals surface area contributed by atoms with Crippen molar-refractivity contribution in [1.29, 1.82) is 0 Å². The van der Waals surface area contributed by atoms with E-state index in [0.717, 1.165) is 53.7 Å². The third-order valence-corrected chi connectivity index (χ3v) is 6.44. The van der Waals surface area contributed by atoms with Gasteiger partial charge >= 0.3 is 0 Å². The molecule has 8 nitrogen and oxygen atoms in total. The number of fused-ring (bicyclic) bond motifs is 1. The molecule has 1 heterocycles. The van der Waals surface area contributed by atoms with Crippen molar-refractivity contribution in [2.75, 3.05) is 29.6 Å². The first-order chi connectivity index (χ1) is 16.9. The Morgan fingerprint density at radius 1 is 1.00 bits per heavy atom. The highest BCUT2D eigenvalue weighted by molar-refractivity contribution is 5.91. The summed E-state index contributed by atoms with van der Waals surface area (Å²) in [4.78, 5) is 35.8. The third-order valence-electron chi connectivity index (χ3n) is 6.44. The molecule has 0 spiro atoms. The van der Waals surface area contributed by atoms with Gasteiger partial charge in [0.05, 0.1) is 5.52 Å². The van der Waals surface area contributed by atoms with E-state index < -0.39 is 0 Å². The second-order valence-corrected chi connectivity index (χ2v) is 9.30. The van der Waals surface area contributed by atoms with Gasteiger partial charge in [-0.15, -0.1) is 0 Å². The number of rotatable bonds is 8. The molecule has 184 valence electrons. The van der Waals surface area contributed by atoms with Gasteiger partial charge in [-0.25, -0.2) is 4.98 Å². The normalized spacial score (nSPS) is 17.6. The van der Waals surface area contributed by atoms with Gasteiger partial charge in [0.2, 0.25) is 17.8 Å². The molecule has 2 aromatic carbocycles. The first kappa shape index (κ1) is 24.4. The molecule has 0 aliphatic heterocycles. The smallest absolute Gasteiger partial charge is 0.225 e. The Morgan fingerprint density at radius 2 is 1.77 bits per heavy atom. The molecule has 0 radical (unpaired) electrons.